The number of aryl methyl sites for hydroxylation is 1. The highest BCUT2D eigenvalue weighted by Crippen LogP contribution is 2.40. The van der Waals surface area contributed by atoms with Crippen molar-refractivity contribution >= 4 is 40.3 Å². The van der Waals surface area contributed by atoms with E-state index in [1.54, 1.807) is 6.26 Å². The number of fused-ring (bicyclic) bond motifs is 1. The highest BCUT2D eigenvalue weighted by molar-refractivity contribution is 8.02. The Morgan fingerprint density at radius 3 is 2.83 bits per heavy atom. The molecule has 3 aromatic rings. The van der Waals surface area contributed by atoms with Gasteiger partial charge in [0.1, 0.15) is 18.2 Å². The van der Waals surface area contributed by atoms with Crippen LogP contribution in [0.4, 0.5) is 11.5 Å². The number of nitrogens with zero attached hydrogens (tertiary/aromatic N) is 5. The first-order valence-corrected chi connectivity index (χ1v) is 11.9. The molecule has 0 saturated heterocycles. The third kappa shape index (κ3) is 5.43. The summed E-state index contributed by atoms with van der Waals surface area (Å²) in [5, 5.41) is 13.7. The Morgan fingerprint density at radius 2 is 2.09 bits per heavy atom. The molecule has 2 aromatic heterocycles. The number of nitrogens with one attached hydrogen (secondary N) is 1. The number of aliphatic hydroxyl groups is 1. The Bertz CT molecular complexity index is 1250. The largest absolute Gasteiger partial charge is 0.454 e. The smallest absolute Gasteiger partial charge is 0.269 e. The Balaban J connectivity index is 1.49. The predicted octanol–water partition coefficient (Wildman–Crippen LogP) is 2.39. The summed E-state index contributed by atoms with van der Waals surface area (Å²) in [6.07, 6.45) is 2.98. The topological polar surface area (TPSA) is 141 Å². The molecule has 1 aromatic carbocycles. The van der Waals surface area contributed by atoms with Crippen molar-refractivity contribution in [2.24, 2.45) is 0 Å². The summed E-state index contributed by atoms with van der Waals surface area (Å²) in [6.45, 7) is 3.77. The van der Waals surface area contributed by atoms with Crippen molar-refractivity contribution in [2.45, 2.75) is 43.9 Å². The zero-order chi connectivity index (χ0) is 25.2. The maximum atomic E-state index is 11.9. The molecule has 3 heterocycles. The maximum Gasteiger partial charge on any atom is 0.269 e. The maximum absolute atomic E-state index is 11.9. The zero-order valence-corrected chi connectivity index (χ0v) is 20.9. The van der Waals surface area contributed by atoms with E-state index in [-0.39, 0.29) is 5.82 Å². The van der Waals surface area contributed by atoms with Crippen molar-refractivity contribution in [1.82, 2.24) is 24.8 Å². The van der Waals surface area contributed by atoms with Crippen LogP contribution in [0.2, 0.25) is 0 Å². The Labute approximate surface area is 207 Å². The van der Waals surface area contributed by atoms with Gasteiger partial charge in [0.05, 0.1) is 5.56 Å². The minimum Gasteiger partial charge on any atom is -0.454 e. The molecule has 0 spiro atoms. The van der Waals surface area contributed by atoms with E-state index in [4.69, 9.17) is 15.2 Å². The van der Waals surface area contributed by atoms with Gasteiger partial charge in [0, 0.05) is 32.9 Å². The summed E-state index contributed by atoms with van der Waals surface area (Å²) in [5.74, 6) is -0.152. The summed E-state index contributed by atoms with van der Waals surface area (Å²) in [6, 6.07) is 7.88. The third-order valence-electron chi connectivity index (χ3n) is 5.30. The molecular weight excluding hydrogens is 470 g/mol. The van der Waals surface area contributed by atoms with Crippen LogP contribution < -0.4 is 16.0 Å². The number of imidazole rings is 1. The average Bonchev–Trinajstić information content (AvgIpc) is 3.41. The van der Waals surface area contributed by atoms with Crippen LogP contribution in [-0.4, -0.2) is 56.8 Å². The van der Waals surface area contributed by atoms with Gasteiger partial charge in [0.25, 0.3) is 12.2 Å². The number of carbonyl (C=O) groups is 1. The Morgan fingerprint density at radius 1 is 1.31 bits per heavy atom. The van der Waals surface area contributed by atoms with Crippen LogP contribution in [0, 0.1) is 0 Å². The van der Waals surface area contributed by atoms with Gasteiger partial charge in [-0.25, -0.2) is 15.0 Å². The molecule has 35 heavy (non-hydrogen) atoms. The first-order valence-electron chi connectivity index (χ1n) is 11.1. The summed E-state index contributed by atoms with van der Waals surface area (Å²) >= 11 is 1.29. The van der Waals surface area contributed by atoms with E-state index in [2.05, 4.69) is 20.3 Å². The molecule has 12 heteroatoms. The minimum absolute atomic E-state index is 0.279. The molecule has 0 aliphatic carbocycles. The minimum atomic E-state index is -1.43. The molecule has 1 aliphatic rings. The number of amides is 1. The number of para-hydroxylation sites is 1. The lowest BCUT2D eigenvalue weighted by Gasteiger charge is -2.20. The molecule has 0 fully saturated rings. The monoisotopic (exact) mass is 499 g/mol. The number of nitrogen functional groups attached to an aromatic ring is 1. The lowest BCUT2D eigenvalue weighted by molar-refractivity contribution is -0.136. The van der Waals surface area contributed by atoms with Gasteiger partial charge in [0.15, 0.2) is 22.1 Å². The molecular formula is C23H29N7O4S. The summed E-state index contributed by atoms with van der Waals surface area (Å²) in [7, 11) is 3.93. The number of aromatic nitrogens is 4. The fraction of sp³-hybridized carbons (Fsp3) is 0.391. The number of rotatable bonds is 9. The van der Waals surface area contributed by atoms with Crippen LogP contribution in [0.5, 0.6) is 0 Å². The van der Waals surface area contributed by atoms with Gasteiger partial charge in [-0.3, -0.25) is 4.79 Å². The van der Waals surface area contributed by atoms with Crippen LogP contribution in [-0.2, 0) is 20.8 Å². The summed E-state index contributed by atoms with van der Waals surface area (Å²) in [5.41, 5.74) is 7.59. The number of hydrogen-bond acceptors (Lipinski definition) is 10. The van der Waals surface area contributed by atoms with Gasteiger partial charge < -0.3 is 35.1 Å². The highest BCUT2D eigenvalue weighted by atomic mass is 32.2. The molecule has 4 rings (SSSR count). The highest BCUT2D eigenvalue weighted by Gasteiger charge is 2.27. The van der Waals surface area contributed by atoms with Crippen molar-refractivity contribution in [3.8, 4) is 0 Å². The molecule has 0 radical (unpaired) electrons. The lowest BCUT2D eigenvalue weighted by Crippen LogP contribution is -2.42. The third-order valence-corrected chi connectivity index (χ3v) is 6.19. The normalized spacial score (nSPS) is 15.5. The first-order chi connectivity index (χ1) is 16.6. The van der Waals surface area contributed by atoms with Gasteiger partial charge in [0.2, 0.25) is 5.09 Å². The van der Waals surface area contributed by atoms with Crippen molar-refractivity contribution in [1.29, 1.82) is 0 Å². The summed E-state index contributed by atoms with van der Waals surface area (Å²) < 4.78 is 13.8. The Hall–Kier alpha value is -3.51. The van der Waals surface area contributed by atoms with Gasteiger partial charge in [-0.15, -0.1) is 0 Å². The van der Waals surface area contributed by atoms with E-state index in [1.807, 2.05) is 47.8 Å². The fourth-order valence-corrected chi connectivity index (χ4v) is 4.36. The van der Waals surface area contributed by atoms with E-state index in [9.17, 15) is 9.90 Å². The van der Waals surface area contributed by atoms with Crippen molar-refractivity contribution in [3.05, 3.63) is 47.5 Å². The molecule has 1 unspecified atom stereocenters. The Kier molecular flexibility index (Phi) is 7.03. The standard InChI is InChI=1S/C23H29N7O4S/c1-23(2,32)21(31)25-10-7-11-30-19-17(18(24)26-13-27-19)28-22(30)35-16-12-33-20(34-16)14-8-5-6-9-15(14)29(3)4/h5-6,8-9,12-13,20,32H,7,10-11H2,1-4H3,(H,25,31)(H2,24,26,27). The zero-order valence-electron chi connectivity index (χ0n) is 20.1. The predicted molar refractivity (Wildman–Crippen MR) is 133 cm³/mol. The number of nitrogens with two attached hydrogens (primary N) is 1. The quantitative estimate of drug-likeness (QED) is 0.376. The van der Waals surface area contributed by atoms with E-state index in [0.29, 0.717) is 40.9 Å². The first kappa shape index (κ1) is 24.6. The van der Waals surface area contributed by atoms with E-state index in [0.717, 1.165) is 11.3 Å². The second-order valence-electron chi connectivity index (χ2n) is 8.72. The van der Waals surface area contributed by atoms with Crippen LogP contribution >= 0.6 is 11.8 Å². The molecule has 0 bridgehead atoms. The molecule has 1 atom stereocenters. The molecule has 0 saturated carbocycles. The van der Waals surface area contributed by atoms with Crippen molar-refractivity contribution in [2.75, 3.05) is 31.3 Å². The molecule has 4 N–H and O–H groups in total. The van der Waals surface area contributed by atoms with E-state index in [1.165, 1.54) is 31.9 Å². The van der Waals surface area contributed by atoms with Crippen LogP contribution in [0.3, 0.4) is 0 Å². The fourth-order valence-electron chi connectivity index (χ4n) is 3.52. The number of hydrogen-bond donors (Lipinski definition) is 3. The molecule has 1 aliphatic heterocycles. The number of carbonyl (C=O) groups excluding carboxylic acids is 1. The number of ether oxygens (including phenoxy) is 2. The number of benzene rings is 1. The van der Waals surface area contributed by atoms with Crippen LogP contribution in [0.15, 0.2) is 47.1 Å². The number of thioether (sulfide) groups is 1. The van der Waals surface area contributed by atoms with Gasteiger partial charge in [-0.05, 0) is 44.2 Å². The second kappa shape index (κ2) is 10.0. The van der Waals surface area contributed by atoms with Crippen LogP contribution in [0.25, 0.3) is 11.2 Å². The second-order valence-corrected chi connectivity index (χ2v) is 9.70. The molecule has 1 amide bonds. The van der Waals surface area contributed by atoms with E-state index < -0.39 is 17.8 Å². The number of anilines is 2. The van der Waals surface area contributed by atoms with Crippen LogP contribution in [0.1, 0.15) is 32.1 Å². The summed E-state index contributed by atoms with van der Waals surface area (Å²) in [4.78, 5) is 27.0. The lowest BCUT2D eigenvalue weighted by atomic mass is 10.1. The van der Waals surface area contributed by atoms with E-state index >= 15 is 0 Å². The average molecular weight is 500 g/mol. The van der Waals surface area contributed by atoms with Gasteiger partial charge in [-0.2, -0.15) is 0 Å². The molecule has 11 nitrogen and oxygen atoms in total. The molecule has 186 valence electrons. The van der Waals surface area contributed by atoms with Gasteiger partial charge in [-0.1, -0.05) is 12.1 Å². The van der Waals surface area contributed by atoms with Crippen molar-refractivity contribution < 1.29 is 19.4 Å². The van der Waals surface area contributed by atoms with Gasteiger partial charge >= 0.3 is 0 Å². The van der Waals surface area contributed by atoms with Crippen molar-refractivity contribution in [3.63, 3.8) is 0 Å². The SMILES string of the molecule is CN(C)c1ccccc1C1OC=C(Sc2nc3c(N)ncnc3n2CCCNC(=O)C(C)(C)O)O1.